The highest BCUT2D eigenvalue weighted by Gasteiger charge is 2.30. The molecule has 0 spiro atoms. The average Bonchev–Trinajstić information content (AvgIpc) is 3.24. The number of anilines is 4. The summed E-state index contributed by atoms with van der Waals surface area (Å²) in [5.41, 5.74) is 7.02. The molecule has 0 aliphatic heterocycles. The molecule has 176 valence electrons. The summed E-state index contributed by atoms with van der Waals surface area (Å²) in [6, 6.07) is 12.1. The summed E-state index contributed by atoms with van der Waals surface area (Å²) < 4.78 is 40.1. The minimum Gasteiger partial charge on any atom is -0.382 e. The van der Waals surface area contributed by atoms with Crippen LogP contribution in [-0.4, -0.2) is 20.9 Å². The first-order chi connectivity index (χ1) is 16.7. The van der Waals surface area contributed by atoms with Crippen LogP contribution in [0.3, 0.4) is 0 Å². The van der Waals surface area contributed by atoms with Crippen LogP contribution in [0.15, 0.2) is 60.2 Å². The number of pyridine rings is 1. The lowest BCUT2D eigenvalue weighted by atomic mass is 10.1. The van der Waals surface area contributed by atoms with E-state index < -0.39 is 17.6 Å². The third-order valence-corrected chi connectivity index (χ3v) is 6.30. The summed E-state index contributed by atoms with van der Waals surface area (Å²) in [5.74, 6) is 0.368. The number of thiophene rings is 1. The van der Waals surface area contributed by atoms with Gasteiger partial charge in [0.15, 0.2) is 0 Å². The molecule has 35 heavy (non-hydrogen) atoms. The minimum atomic E-state index is -4.48. The Morgan fingerprint density at radius 1 is 1.09 bits per heavy atom. The first-order valence-corrected chi connectivity index (χ1v) is 11.2. The number of benzene rings is 2. The molecule has 5 rings (SSSR count). The van der Waals surface area contributed by atoms with E-state index in [0.29, 0.717) is 27.0 Å². The summed E-state index contributed by atoms with van der Waals surface area (Å²) in [5, 5.41) is 8.81. The maximum Gasteiger partial charge on any atom is 0.416 e. The zero-order valence-electron chi connectivity index (χ0n) is 18.1. The molecule has 0 atom stereocenters. The molecule has 2 aromatic carbocycles. The molecule has 5 aromatic rings. The highest BCUT2D eigenvalue weighted by Crippen LogP contribution is 2.33. The number of nitrogens with one attached hydrogen (secondary N) is 2. The van der Waals surface area contributed by atoms with Gasteiger partial charge in [0.2, 0.25) is 0 Å². The van der Waals surface area contributed by atoms with E-state index in [1.807, 2.05) is 25.1 Å². The van der Waals surface area contributed by atoms with Gasteiger partial charge < -0.3 is 16.4 Å². The van der Waals surface area contributed by atoms with Crippen molar-refractivity contribution in [3.63, 3.8) is 0 Å². The van der Waals surface area contributed by atoms with Gasteiger partial charge in [0, 0.05) is 16.5 Å². The second-order valence-corrected chi connectivity index (χ2v) is 8.70. The number of halogens is 3. The molecule has 3 aromatic heterocycles. The molecule has 0 bridgehead atoms. The third kappa shape index (κ3) is 4.45. The molecule has 0 unspecified atom stereocenters. The Balaban J connectivity index is 1.53. The van der Waals surface area contributed by atoms with E-state index in [1.54, 1.807) is 11.4 Å². The number of fused-ring (bicyclic) bond motifs is 2. The predicted molar refractivity (Wildman–Crippen MR) is 131 cm³/mol. The van der Waals surface area contributed by atoms with Crippen LogP contribution in [0.2, 0.25) is 0 Å². The maximum atomic E-state index is 13.2. The molecule has 1 amide bonds. The zero-order valence-corrected chi connectivity index (χ0v) is 19.0. The van der Waals surface area contributed by atoms with Crippen LogP contribution in [-0.2, 0) is 6.18 Å². The molecular formula is C24H17F3N6OS. The Morgan fingerprint density at radius 3 is 2.71 bits per heavy atom. The van der Waals surface area contributed by atoms with Crippen molar-refractivity contribution in [2.45, 2.75) is 13.1 Å². The SMILES string of the molecule is Cc1ccc2c(Nc3cccc(C(F)(F)F)c3)nc(NC(=O)c3csc4c(N)ncnc34)cc2c1. The Kier molecular flexibility index (Phi) is 5.48. The highest BCUT2D eigenvalue weighted by molar-refractivity contribution is 7.18. The fourth-order valence-electron chi connectivity index (χ4n) is 3.66. The number of nitrogens with zero attached hydrogens (tertiary/aromatic N) is 3. The standard InChI is InChI=1S/C24H17F3N6OS/c1-12-5-6-16-13(7-12)8-18(32-22(16)31-15-4-2-3-14(9-15)24(25,26)27)33-23(34)17-10-35-20-19(17)29-11-30-21(20)28/h2-11H,1H3,(H2,28,29,30)(H2,31,32,33,34). The largest absolute Gasteiger partial charge is 0.416 e. The van der Waals surface area contributed by atoms with Crippen LogP contribution in [0.4, 0.5) is 36.3 Å². The van der Waals surface area contributed by atoms with Crippen LogP contribution in [0.25, 0.3) is 21.0 Å². The van der Waals surface area contributed by atoms with Crippen molar-refractivity contribution in [1.82, 2.24) is 15.0 Å². The van der Waals surface area contributed by atoms with Gasteiger partial charge in [-0.2, -0.15) is 13.2 Å². The van der Waals surface area contributed by atoms with Gasteiger partial charge in [-0.1, -0.05) is 29.8 Å². The smallest absolute Gasteiger partial charge is 0.382 e. The molecule has 0 saturated carbocycles. The van der Waals surface area contributed by atoms with Crippen LogP contribution in [0, 0.1) is 6.92 Å². The number of aromatic nitrogens is 3. The van der Waals surface area contributed by atoms with Crippen molar-refractivity contribution in [2.75, 3.05) is 16.4 Å². The van der Waals surface area contributed by atoms with E-state index in [1.165, 1.54) is 29.8 Å². The number of carbonyl (C=O) groups excluding carboxylic acids is 1. The Bertz CT molecular complexity index is 1600. The molecule has 4 N–H and O–H groups in total. The van der Waals surface area contributed by atoms with Crippen LogP contribution < -0.4 is 16.4 Å². The Morgan fingerprint density at radius 2 is 1.91 bits per heavy atom. The number of hydrogen-bond donors (Lipinski definition) is 3. The van der Waals surface area contributed by atoms with E-state index in [2.05, 4.69) is 25.6 Å². The first-order valence-electron chi connectivity index (χ1n) is 10.3. The summed E-state index contributed by atoms with van der Waals surface area (Å²) in [6.45, 7) is 1.92. The number of nitrogens with two attached hydrogens (primary N) is 1. The second kappa shape index (κ2) is 8.51. The number of aryl methyl sites for hydroxylation is 1. The predicted octanol–water partition coefficient (Wildman–Crippen LogP) is 6.14. The van der Waals surface area contributed by atoms with Gasteiger partial charge in [-0.15, -0.1) is 11.3 Å². The summed E-state index contributed by atoms with van der Waals surface area (Å²) in [6.07, 6.45) is -3.19. The number of hydrogen-bond acceptors (Lipinski definition) is 7. The number of rotatable bonds is 4. The highest BCUT2D eigenvalue weighted by atomic mass is 32.1. The van der Waals surface area contributed by atoms with Gasteiger partial charge in [0.05, 0.1) is 21.3 Å². The summed E-state index contributed by atoms with van der Waals surface area (Å²) in [7, 11) is 0. The minimum absolute atomic E-state index is 0.216. The van der Waals surface area contributed by atoms with Crippen molar-refractivity contribution in [1.29, 1.82) is 0 Å². The average molecular weight is 495 g/mol. The van der Waals surface area contributed by atoms with Gasteiger partial charge in [0.1, 0.15) is 23.8 Å². The first kappa shape index (κ1) is 22.5. The molecule has 0 radical (unpaired) electrons. The fourth-order valence-corrected chi connectivity index (χ4v) is 4.56. The number of carbonyl (C=O) groups is 1. The molecule has 0 aliphatic rings. The molecular weight excluding hydrogens is 477 g/mol. The fraction of sp³-hybridized carbons (Fsp3) is 0.0833. The maximum absolute atomic E-state index is 13.2. The molecule has 11 heteroatoms. The Labute approximate surface area is 200 Å². The summed E-state index contributed by atoms with van der Waals surface area (Å²) in [4.78, 5) is 25.6. The van der Waals surface area contributed by atoms with Crippen molar-refractivity contribution in [3.05, 3.63) is 76.9 Å². The normalized spacial score (nSPS) is 11.7. The van der Waals surface area contributed by atoms with Gasteiger partial charge in [0.25, 0.3) is 5.91 Å². The zero-order chi connectivity index (χ0) is 24.7. The van der Waals surface area contributed by atoms with E-state index in [0.717, 1.165) is 23.1 Å². The molecule has 7 nitrogen and oxygen atoms in total. The Hall–Kier alpha value is -4.25. The molecule has 3 heterocycles. The van der Waals surface area contributed by atoms with Crippen molar-refractivity contribution in [2.24, 2.45) is 0 Å². The van der Waals surface area contributed by atoms with Gasteiger partial charge >= 0.3 is 6.18 Å². The second-order valence-electron chi connectivity index (χ2n) is 7.82. The lowest BCUT2D eigenvalue weighted by molar-refractivity contribution is -0.137. The van der Waals surface area contributed by atoms with Crippen molar-refractivity contribution < 1.29 is 18.0 Å². The number of alkyl halides is 3. The monoisotopic (exact) mass is 494 g/mol. The number of amides is 1. The van der Waals surface area contributed by atoms with E-state index in [4.69, 9.17) is 5.73 Å². The molecule has 0 aliphatic carbocycles. The van der Waals surface area contributed by atoms with E-state index in [-0.39, 0.29) is 17.3 Å². The molecule has 0 fully saturated rings. The lowest BCUT2D eigenvalue weighted by Gasteiger charge is -2.14. The van der Waals surface area contributed by atoms with Gasteiger partial charge in [-0.25, -0.2) is 15.0 Å². The lowest BCUT2D eigenvalue weighted by Crippen LogP contribution is -2.13. The van der Waals surface area contributed by atoms with Gasteiger partial charge in [-0.3, -0.25) is 4.79 Å². The third-order valence-electron chi connectivity index (χ3n) is 5.31. The van der Waals surface area contributed by atoms with Crippen LogP contribution >= 0.6 is 11.3 Å². The van der Waals surface area contributed by atoms with Crippen molar-refractivity contribution in [3.8, 4) is 0 Å². The van der Waals surface area contributed by atoms with E-state index in [9.17, 15) is 18.0 Å². The topological polar surface area (TPSA) is 106 Å². The van der Waals surface area contributed by atoms with Crippen LogP contribution in [0.1, 0.15) is 21.5 Å². The van der Waals surface area contributed by atoms with Gasteiger partial charge in [-0.05, 0) is 36.6 Å². The van der Waals surface area contributed by atoms with E-state index >= 15 is 0 Å². The molecule has 0 saturated heterocycles. The number of nitrogen functional groups attached to an aromatic ring is 1. The summed E-state index contributed by atoms with van der Waals surface area (Å²) >= 11 is 1.26. The van der Waals surface area contributed by atoms with Crippen molar-refractivity contribution >= 4 is 61.4 Å². The quantitative estimate of drug-likeness (QED) is 0.277. The van der Waals surface area contributed by atoms with Crippen LogP contribution in [0.5, 0.6) is 0 Å².